The number of rotatable bonds is 9. The summed E-state index contributed by atoms with van der Waals surface area (Å²) in [7, 11) is -0.534. The standard InChI is InChI=1S/C9H22O3SSi/c1-4-10-9(11-5-2)12-14-7-8(3)6-13/h8-9,13H,4-7,14H2,1-3H3. The third-order valence-corrected chi connectivity index (χ3v) is 4.13. The van der Waals surface area contributed by atoms with Crippen molar-refractivity contribution in [3.63, 3.8) is 0 Å². The molecule has 0 aromatic heterocycles. The predicted molar refractivity (Wildman–Crippen MR) is 64.5 cm³/mol. The van der Waals surface area contributed by atoms with Crippen molar-refractivity contribution in [2.75, 3.05) is 19.0 Å². The van der Waals surface area contributed by atoms with Crippen molar-refractivity contribution < 1.29 is 13.9 Å². The van der Waals surface area contributed by atoms with E-state index in [1.165, 1.54) is 0 Å². The van der Waals surface area contributed by atoms with Gasteiger partial charge in [-0.1, -0.05) is 6.92 Å². The molecule has 0 saturated carbocycles. The molecule has 5 heteroatoms. The fraction of sp³-hybridized carbons (Fsp3) is 1.00. The minimum Gasteiger partial charge on any atom is -0.379 e. The Bertz CT molecular complexity index is 121. The number of ether oxygens (including phenoxy) is 2. The van der Waals surface area contributed by atoms with E-state index < -0.39 is 16.2 Å². The second-order valence-corrected chi connectivity index (χ2v) is 4.83. The van der Waals surface area contributed by atoms with E-state index in [1.54, 1.807) is 0 Å². The fourth-order valence-corrected chi connectivity index (χ4v) is 2.53. The summed E-state index contributed by atoms with van der Waals surface area (Å²) in [6.45, 7) is 6.87. The summed E-state index contributed by atoms with van der Waals surface area (Å²) >= 11 is 4.23. The fourth-order valence-electron chi connectivity index (χ4n) is 0.873. The molecule has 0 fully saturated rings. The topological polar surface area (TPSA) is 27.7 Å². The summed E-state index contributed by atoms with van der Waals surface area (Å²) in [5, 5.41) is 0. The molecule has 0 amide bonds. The van der Waals surface area contributed by atoms with Crippen LogP contribution in [0.2, 0.25) is 6.04 Å². The minimum atomic E-state index is -0.534. The van der Waals surface area contributed by atoms with Gasteiger partial charge in [-0.25, -0.2) is 0 Å². The van der Waals surface area contributed by atoms with Gasteiger partial charge in [0.1, 0.15) is 0 Å². The van der Waals surface area contributed by atoms with Gasteiger partial charge in [-0.3, -0.25) is 0 Å². The Kier molecular flexibility index (Phi) is 10.3. The van der Waals surface area contributed by atoms with Gasteiger partial charge in [-0.2, -0.15) is 12.6 Å². The smallest absolute Gasteiger partial charge is 0.261 e. The normalized spacial score (nSPS) is 14.4. The minimum absolute atomic E-state index is 0.441. The van der Waals surface area contributed by atoms with Crippen LogP contribution in [0.4, 0.5) is 0 Å². The summed E-state index contributed by atoms with van der Waals surface area (Å²) in [5.74, 6) is 1.55. The number of hydrogen-bond donors (Lipinski definition) is 1. The first-order chi connectivity index (χ1) is 6.74. The van der Waals surface area contributed by atoms with Gasteiger partial charge in [0.15, 0.2) is 9.76 Å². The average Bonchev–Trinajstić information content (AvgIpc) is 2.18. The van der Waals surface area contributed by atoms with Gasteiger partial charge in [0.2, 0.25) is 0 Å². The zero-order chi connectivity index (χ0) is 10.8. The molecule has 0 aromatic rings. The molecule has 1 atom stereocenters. The Labute approximate surface area is 94.9 Å². The molecule has 0 radical (unpaired) electrons. The highest BCUT2D eigenvalue weighted by Crippen LogP contribution is 2.05. The van der Waals surface area contributed by atoms with Gasteiger partial charge >= 0.3 is 0 Å². The zero-order valence-electron chi connectivity index (χ0n) is 9.36. The lowest BCUT2D eigenvalue weighted by molar-refractivity contribution is -0.243. The molecule has 0 rings (SSSR count). The van der Waals surface area contributed by atoms with Crippen molar-refractivity contribution in [3.05, 3.63) is 0 Å². The molecule has 86 valence electrons. The van der Waals surface area contributed by atoms with Crippen molar-refractivity contribution in [2.24, 2.45) is 5.92 Å². The maximum Gasteiger partial charge on any atom is 0.261 e. The third-order valence-electron chi connectivity index (χ3n) is 1.78. The lowest BCUT2D eigenvalue weighted by Crippen LogP contribution is -2.23. The van der Waals surface area contributed by atoms with Gasteiger partial charge in [-0.15, -0.1) is 0 Å². The first-order valence-electron chi connectivity index (χ1n) is 5.20. The molecule has 0 bridgehead atoms. The van der Waals surface area contributed by atoms with Crippen LogP contribution in [-0.4, -0.2) is 35.2 Å². The van der Waals surface area contributed by atoms with Gasteiger partial charge in [-0.05, 0) is 31.6 Å². The Morgan fingerprint density at radius 3 is 2.21 bits per heavy atom. The van der Waals surface area contributed by atoms with Crippen LogP contribution in [0.5, 0.6) is 0 Å². The average molecular weight is 238 g/mol. The first kappa shape index (κ1) is 14.4. The van der Waals surface area contributed by atoms with E-state index in [-0.39, 0.29) is 0 Å². The Hall–Kier alpha value is 0.447. The Balaban J connectivity index is 3.49. The van der Waals surface area contributed by atoms with Crippen LogP contribution < -0.4 is 0 Å². The van der Waals surface area contributed by atoms with E-state index in [1.807, 2.05) is 13.8 Å². The maximum absolute atomic E-state index is 5.56. The molecule has 0 aliphatic rings. The van der Waals surface area contributed by atoms with Gasteiger partial charge in [0.25, 0.3) is 6.48 Å². The van der Waals surface area contributed by atoms with Crippen LogP contribution in [0.1, 0.15) is 20.8 Å². The third kappa shape index (κ3) is 7.81. The summed E-state index contributed by atoms with van der Waals surface area (Å²) in [4.78, 5) is 0. The summed E-state index contributed by atoms with van der Waals surface area (Å²) in [6.07, 6.45) is 0. The van der Waals surface area contributed by atoms with Crippen LogP contribution >= 0.6 is 12.6 Å². The molecular formula is C9H22O3SSi. The van der Waals surface area contributed by atoms with Crippen LogP contribution in [-0.2, 0) is 13.9 Å². The van der Waals surface area contributed by atoms with E-state index >= 15 is 0 Å². The lowest BCUT2D eigenvalue weighted by Gasteiger charge is -2.18. The van der Waals surface area contributed by atoms with Gasteiger partial charge in [0, 0.05) is 13.2 Å². The quantitative estimate of drug-likeness (QED) is 0.374. The maximum atomic E-state index is 5.56. The zero-order valence-corrected chi connectivity index (χ0v) is 11.7. The van der Waals surface area contributed by atoms with E-state index in [2.05, 4.69) is 19.6 Å². The Morgan fingerprint density at radius 2 is 1.79 bits per heavy atom. The van der Waals surface area contributed by atoms with Crippen LogP contribution in [0, 0.1) is 5.92 Å². The second-order valence-electron chi connectivity index (χ2n) is 3.15. The highest BCUT2D eigenvalue weighted by molar-refractivity contribution is 7.80. The molecule has 1 unspecified atom stereocenters. The molecule has 3 nitrogen and oxygen atoms in total. The van der Waals surface area contributed by atoms with E-state index in [0.717, 1.165) is 11.8 Å². The Morgan fingerprint density at radius 1 is 1.21 bits per heavy atom. The predicted octanol–water partition coefficient (Wildman–Crippen LogP) is 1.43. The monoisotopic (exact) mass is 238 g/mol. The van der Waals surface area contributed by atoms with E-state index in [0.29, 0.717) is 19.1 Å². The molecule has 0 N–H and O–H groups in total. The largest absolute Gasteiger partial charge is 0.379 e. The van der Waals surface area contributed by atoms with Crippen molar-refractivity contribution in [1.29, 1.82) is 0 Å². The summed E-state index contributed by atoms with van der Waals surface area (Å²) in [6, 6.07) is 1.13. The SMILES string of the molecule is CCOC(OCC)O[SiH2]CC(C)CS. The van der Waals surface area contributed by atoms with Crippen molar-refractivity contribution in [1.82, 2.24) is 0 Å². The van der Waals surface area contributed by atoms with E-state index in [9.17, 15) is 0 Å². The number of thiol groups is 1. The van der Waals surface area contributed by atoms with Crippen LogP contribution in [0.3, 0.4) is 0 Å². The number of hydrogen-bond acceptors (Lipinski definition) is 4. The highest BCUT2D eigenvalue weighted by atomic mass is 32.1. The first-order valence-corrected chi connectivity index (χ1v) is 7.41. The molecule has 0 saturated heterocycles. The lowest BCUT2D eigenvalue weighted by atomic mass is 10.3. The molecular weight excluding hydrogens is 216 g/mol. The van der Waals surface area contributed by atoms with Gasteiger partial charge in [0.05, 0.1) is 0 Å². The van der Waals surface area contributed by atoms with Crippen molar-refractivity contribution >= 4 is 22.4 Å². The van der Waals surface area contributed by atoms with Crippen molar-refractivity contribution in [2.45, 2.75) is 33.3 Å². The van der Waals surface area contributed by atoms with Crippen LogP contribution in [0.15, 0.2) is 0 Å². The van der Waals surface area contributed by atoms with Crippen molar-refractivity contribution in [3.8, 4) is 0 Å². The molecule has 0 aliphatic heterocycles. The second kappa shape index (κ2) is 9.98. The van der Waals surface area contributed by atoms with Gasteiger partial charge < -0.3 is 13.9 Å². The highest BCUT2D eigenvalue weighted by Gasteiger charge is 2.08. The summed E-state index contributed by atoms with van der Waals surface area (Å²) < 4.78 is 16.1. The molecule has 0 heterocycles. The molecule has 0 aromatic carbocycles. The molecule has 0 aliphatic carbocycles. The summed E-state index contributed by atoms with van der Waals surface area (Å²) in [5.41, 5.74) is 0. The molecule has 14 heavy (non-hydrogen) atoms. The van der Waals surface area contributed by atoms with E-state index in [4.69, 9.17) is 13.9 Å². The van der Waals surface area contributed by atoms with Crippen LogP contribution in [0.25, 0.3) is 0 Å². The molecule has 0 spiro atoms.